The maximum Gasteiger partial charge on any atom is 0.270 e. The number of fused-ring (bicyclic) bond motifs is 2. The summed E-state index contributed by atoms with van der Waals surface area (Å²) in [6.45, 7) is 15.8. The van der Waals surface area contributed by atoms with Gasteiger partial charge in [-0.05, 0) is 90.5 Å². The van der Waals surface area contributed by atoms with Gasteiger partial charge in [0.05, 0.1) is 18.3 Å². The van der Waals surface area contributed by atoms with E-state index in [1.165, 1.54) is 25.7 Å². The number of hydrogen-bond donors (Lipinski definition) is 0. The first-order valence-corrected chi connectivity index (χ1v) is 17.1. The number of halogens is 1. The molecule has 0 spiro atoms. The number of methoxy groups -OCH3 is 1. The number of carbonyl (C=O) groups excluding carboxylic acids is 1. The van der Waals surface area contributed by atoms with Crippen molar-refractivity contribution in [1.82, 2.24) is 19.4 Å². The first-order chi connectivity index (χ1) is 21.9. The van der Waals surface area contributed by atoms with Crippen molar-refractivity contribution in [3.05, 3.63) is 46.0 Å². The van der Waals surface area contributed by atoms with Gasteiger partial charge in [0.2, 0.25) is 0 Å². The second kappa shape index (κ2) is 12.9. The minimum atomic E-state index is -0.491. The Hall–Kier alpha value is -3.01. The molecule has 9 heteroatoms. The zero-order chi connectivity index (χ0) is 32.9. The number of piperazine rings is 1. The lowest BCUT2D eigenvalue weighted by Gasteiger charge is -2.38. The molecule has 6 rings (SSSR count). The molecule has 1 aliphatic carbocycles. The third kappa shape index (κ3) is 6.06. The Morgan fingerprint density at radius 1 is 1.09 bits per heavy atom. The molecule has 2 fully saturated rings. The Kier molecular flexibility index (Phi) is 9.22. The number of ether oxygens (including phenoxy) is 3. The fourth-order valence-electron chi connectivity index (χ4n) is 7.83. The van der Waals surface area contributed by atoms with Gasteiger partial charge in [0, 0.05) is 74.1 Å². The van der Waals surface area contributed by atoms with Crippen molar-refractivity contribution < 1.29 is 23.4 Å². The summed E-state index contributed by atoms with van der Waals surface area (Å²) in [6.07, 6.45) is 5.92. The van der Waals surface area contributed by atoms with Gasteiger partial charge < -0.3 is 23.7 Å². The van der Waals surface area contributed by atoms with Crippen molar-refractivity contribution in [3.63, 3.8) is 0 Å². The van der Waals surface area contributed by atoms with Crippen molar-refractivity contribution in [2.75, 3.05) is 39.9 Å². The lowest BCUT2D eigenvalue weighted by atomic mass is 9.86. The molecular weight excluding hydrogens is 583 g/mol. The molecular formula is C37H51FN4O4. The monoisotopic (exact) mass is 634 g/mol. The van der Waals surface area contributed by atoms with E-state index < -0.39 is 11.7 Å². The molecule has 1 saturated heterocycles. The van der Waals surface area contributed by atoms with Gasteiger partial charge in [0.1, 0.15) is 17.4 Å². The van der Waals surface area contributed by atoms with E-state index in [-0.39, 0.29) is 17.8 Å². The van der Waals surface area contributed by atoms with Crippen LogP contribution in [0.5, 0.6) is 5.75 Å². The third-order valence-electron chi connectivity index (χ3n) is 10.3. The summed E-state index contributed by atoms with van der Waals surface area (Å²) >= 11 is 0. The highest BCUT2D eigenvalue weighted by Gasteiger charge is 2.35. The SMILES string of the molecule is COC(C)[C@@H](OC(C)(C)C)c1c(C)nc2c(cc(C(=O)N3CCN(C4CCCC4)CC3)n2C)c1-c1cc(F)c2c(c1C)CCCO2. The highest BCUT2D eigenvalue weighted by molar-refractivity contribution is 6.04. The van der Waals surface area contributed by atoms with Crippen LogP contribution in [-0.4, -0.2) is 82.9 Å². The molecule has 2 aromatic heterocycles. The molecule has 2 aliphatic heterocycles. The highest BCUT2D eigenvalue weighted by Crippen LogP contribution is 2.45. The summed E-state index contributed by atoms with van der Waals surface area (Å²) in [7, 11) is 3.59. The van der Waals surface area contributed by atoms with E-state index in [1.807, 2.05) is 64.1 Å². The van der Waals surface area contributed by atoms with Crippen LogP contribution in [0, 0.1) is 19.7 Å². The Balaban J connectivity index is 1.51. The lowest BCUT2D eigenvalue weighted by molar-refractivity contribution is -0.118. The molecule has 3 aliphatic rings. The fraction of sp³-hybridized carbons (Fsp3) is 0.622. The standard InChI is InChI=1S/C37H51FN4O4/c1-22-26-14-11-19-45-34(26)29(38)20-27(22)32-28-21-30(36(43)42-17-15-41(16-18-42)25-12-9-10-13-25)40(7)35(28)39-23(2)31(32)33(24(3)44-8)46-37(4,5)6/h20-21,24-25,33H,9-19H2,1-8H3/t24?,33-/m1/s1. The lowest BCUT2D eigenvalue weighted by Crippen LogP contribution is -2.51. The van der Waals surface area contributed by atoms with Gasteiger partial charge in [0.25, 0.3) is 5.91 Å². The Morgan fingerprint density at radius 3 is 2.43 bits per heavy atom. The number of rotatable bonds is 7. The maximum absolute atomic E-state index is 15.9. The van der Waals surface area contributed by atoms with Crippen LogP contribution in [0.15, 0.2) is 12.1 Å². The second-order valence-electron chi connectivity index (χ2n) is 14.5. The summed E-state index contributed by atoms with van der Waals surface area (Å²) in [5, 5.41) is 0.807. The molecule has 4 heterocycles. The molecule has 1 amide bonds. The van der Waals surface area contributed by atoms with Crippen LogP contribution in [0.25, 0.3) is 22.2 Å². The van der Waals surface area contributed by atoms with E-state index in [1.54, 1.807) is 13.2 Å². The third-order valence-corrected chi connectivity index (χ3v) is 10.3. The van der Waals surface area contributed by atoms with Crippen LogP contribution in [0.1, 0.15) is 98.8 Å². The molecule has 0 radical (unpaired) electrons. The quantitative estimate of drug-likeness (QED) is 0.281. The Bertz CT molecular complexity index is 1610. The van der Waals surface area contributed by atoms with Crippen LogP contribution in [0.2, 0.25) is 0 Å². The van der Waals surface area contributed by atoms with Crippen LogP contribution >= 0.6 is 0 Å². The van der Waals surface area contributed by atoms with Crippen molar-refractivity contribution in [2.45, 2.75) is 104 Å². The van der Waals surface area contributed by atoms with Gasteiger partial charge >= 0.3 is 0 Å². The molecule has 1 aromatic carbocycles. The number of pyridine rings is 1. The van der Waals surface area contributed by atoms with Crippen LogP contribution in [0.3, 0.4) is 0 Å². The molecule has 250 valence electrons. The first kappa shape index (κ1) is 32.9. The average Bonchev–Trinajstić information content (AvgIpc) is 3.69. The van der Waals surface area contributed by atoms with Gasteiger partial charge in [-0.3, -0.25) is 9.69 Å². The van der Waals surface area contributed by atoms with Crippen molar-refractivity contribution in [1.29, 1.82) is 0 Å². The molecule has 2 atom stereocenters. The van der Waals surface area contributed by atoms with E-state index in [2.05, 4.69) is 4.90 Å². The number of amides is 1. The normalized spacial score (nSPS) is 19.4. The Labute approximate surface area is 273 Å². The van der Waals surface area contributed by atoms with Gasteiger partial charge in [-0.25, -0.2) is 9.37 Å². The predicted octanol–water partition coefficient (Wildman–Crippen LogP) is 6.91. The largest absolute Gasteiger partial charge is 0.490 e. The number of nitrogens with zero attached hydrogens (tertiary/aromatic N) is 4. The van der Waals surface area contributed by atoms with Gasteiger partial charge in [-0.1, -0.05) is 12.8 Å². The summed E-state index contributed by atoms with van der Waals surface area (Å²) in [6, 6.07) is 4.22. The van der Waals surface area contributed by atoms with Crippen LogP contribution in [0.4, 0.5) is 4.39 Å². The topological polar surface area (TPSA) is 69.1 Å². The smallest absolute Gasteiger partial charge is 0.270 e. The predicted molar refractivity (Wildman–Crippen MR) is 179 cm³/mol. The van der Waals surface area contributed by atoms with Crippen molar-refractivity contribution in [2.24, 2.45) is 7.05 Å². The Morgan fingerprint density at radius 2 is 1.78 bits per heavy atom. The second-order valence-corrected chi connectivity index (χ2v) is 14.5. The molecule has 8 nitrogen and oxygen atoms in total. The van der Waals surface area contributed by atoms with E-state index in [9.17, 15) is 4.79 Å². The van der Waals surface area contributed by atoms with E-state index >= 15 is 4.39 Å². The minimum absolute atomic E-state index is 0.00576. The number of benzene rings is 1. The van der Waals surface area contributed by atoms with E-state index in [0.29, 0.717) is 42.8 Å². The summed E-state index contributed by atoms with van der Waals surface area (Å²) in [5.41, 5.74) is 5.89. The molecule has 0 bridgehead atoms. The molecule has 0 N–H and O–H groups in total. The summed E-state index contributed by atoms with van der Waals surface area (Å²) < 4.78 is 36.2. The summed E-state index contributed by atoms with van der Waals surface area (Å²) in [5.74, 6) is -0.0139. The van der Waals surface area contributed by atoms with Crippen molar-refractivity contribution >= 4 is 16.9 Å². The molecule has 1 saturated carbocycles. The average molecular weight is 635 g/mol. The van der Waals surface area contributed by atoms with Crippen LogP contribution < -0.4 is 4.74 Å². The number of hydrogen-bond acceptors (Lipinski definition) is 6. The van der Waals surface area contributed by atoms with E-state index in [0.717, 1.165) is 64.8 Å². The van der Waals surface area contributed by atoms with E-state index in [4.69, 9.17) is 19.2 Å². The minimum Gasteiger partial charge on any atom is -0.490 e. The van der Waals surface area contributed by atoms with Gasteiger partial charge in [0.15, 0.2) is 11.6 Å². The number of aromatic nitrogens is 2. The van der Waals surface area contributed by atoms with Gasteiger partial charge in [-0.2, -0.15) is 0 Å². The number of carbonyl (C=O) groups is 1. The zero-order valence-electron chi connectivity index (χ0n) is 29.0. The summed E-state index contributed by atoms with van der Waals surface area (Å²) in [4.78, 5) is 23.8. The first-order valence-electron chi connectivity index (χ1n) is 17.1. The molecule has 1 unspecified atom stereocenters. The fourth-order valence-corrected chi connectivity index (χ4v) is 7.83. The molecule has 46 heavy (non-hydrogen) atoms. The van der Waals surface area contributed by atoms with Crippen molar-refractivity contribution in [3.8, 4) is 16.9 Å². The molecule has 3 aromatic rings. The zero-order valence-corrected chi connectivity index (χ0v) is 29.0. The van der Waals surface area contributed by atoms with Gasteiger partial charge in [-0.15, -0.1) is 0 Å². The van der Waals surface area contributed by atoms with Crippen LogP contribution in [-0.2, 0) is 22.9 Å². The maximum atomic E-state index is 15.9. The number of aryl methyl sites for hydroxylation is 2. The highest BCUT2D eigenvalue weighted by atomic mass is 19.1.